The maximum Gasteiger partial charge on any atom is 0.335 e. The van der Waals surface area contributed by atoms with Gasteiger partial charge in [0.1, 0.15) is 4.90 Å². The van der Waals surface area contributed by atoms with E-state index in [1.54, 1.807) is 7.05 Å². The molecule has 0 saturated carbocycles. The summed E-state index contributed by atoms with van der Waals surface area (Å²) in [5, 5.41) is 11.6. The second-order valence-electron chi connectivity index (χ2n) is 3.66. The zero-order chi connectivity index (χ0) is 14.5. The molecule has 0 aliphatic carbocycles. The lowest BCUT2D eigenvalue weighted by Gasteiger charge is -2.11. The van der Waals surface area contributed by atoms with Crippen LogP contribution in [-0.4, -0.2) is 46.8 Å². The molecule has 0 spiro atoms. The summed E-state index contributed by atoms with van der Waals surface area (Å²) in [5.74, 6) is -1.18. The molecular formula is C11H16N2O5S. The Labute approximate surface area is 111 Å². The van der Waals surface area contributed by atoms with E-state index in [4.69, 9.17) is 9.84 Å². The minimum absolute atomic E-state index is 0.0916. The van der Waals surface area contributed by atoms with E-state index in [1.165, 1.54) is 19.2 Å². The molecule has 1 aromatic carbocycles. The van der Waals surface area contributed by atoms with E-state index in [1.807, 2.05) is 0 Å². The van der Waals surface area contributed by atoms with Gasteiger partial charge >= 0.3 is 5.97 Å². The highest BCUT2D eigenvalue weighted by atomic mass is 32.2. The van der Waals surface area contributed by atoms with Crippen molar-refractivity contribution in [3.8, 4) is 0 Å². The van der Waals surface area contributed by atoms with E-state index in [9.17, 15) is 13.2 Å². The zero-order valence-electron chi connectivity index (χ0n) is 10.6. The Kier molecular flexibility index (Phi) is 5.28. The Balaban J connectivity index is 3.15. The number of carboxylic acid groups (broad SMARTS) is 1. The van der Waals surface area contributed by atoms with Crippen LogP contribution in [0.15, 0.2) is 23.1 Å². The molecule has 1 aromatic rings. The van der Waals surface area contributed by atoms with Gasteiger partial charge in [-0.05, 0) is 18.2 Å². The first-order valence-corrected chi connectivity index (χ1v) is 6.94. The molecule has 0 fully saturated rings. The van der Waals surface area contributed by atoms with Crippen LogP contribution in [0, 0.1) is 0 Å². The van der Waals surface area contributed by atoms with Gasteiger partial charge < -0.3 is 15.2 Å². The summed E-state index contributed by atoms with van der Waals surface area (Å²) < 4.78 is 31.2. The number of aromatic carboxylic acids is 1. The third-order valence-electron chi connectivity index (χ3n) is 2.39. The Morgan fingerprint density at radius 2 is 2.11 bits per heavy atom. The smallest absolute Gasteiger partial charge is 0.335 e. The molecule has 0 radical (unpaired) electrons. The van der Waals surface area contributed by atoms with Crippen LogP contribution in [0.4, 0.5) is 5.69 Å². The van der Waals surface area contributed by atoms with Crippen LogP contribution < -0.4 is 10.0 Å². The fourth-order valence-electron chi connectivity index (χ4n) is 1.44. The molecule has 3 N–H and O–H groups in total. The number of anilines is 1. The van der Waals surface area contributed by atoms with Crippen molar-refractivity contribution < 1.29 is 23.1 Å². The second kappa shape index (κ2) is 6.50. The van der Waals surface area contributed by atoms with E-state index in [-0.39, 0.29) is 23.6 Å². The fourth-order valence-corrected chi connectivity index (χ4v) is 2.69. The molecule has 19 heavy (non-hydrogen) atoms. The largest absolute Gasteiger partial charge is 0.478 e. The molecular weight excluding hydrogens is 272 g/mol. The molecule has 0 aliphatic rings. The van der Waals surface area contributed by atoms with Crippen molar-refractivity contribution in [2.24, 2.45) is 0 Å². The first-order valence-electron chi connectivity index (χ1n) is 5.46. The minimum atomic E-state index is -3.79. The van der Waals surface area contributed by atoms with Crippen molar-refractivity contribution in [3.63, 3.8) is 0 Å². The Bertz CT molecular complexity index is 556. The number of methoxy groups -OCH3 is 1. The molecule has 0 atom stereocenters. The highest BCUT2D eigenvalue weighted by Gasteiger charge is 2.19. The van der Waals surface area contributed by atoms with Crippen molar-refractivity contribution in [1.82, 2.24) is 4.72 Å². The SMILES string of the molecule is CNc1ccc(C(=O)O)cc1S(=O)(=O)NCCOC. The number of hydrogen-bond donors (Lipinski definition) is 3. The molecule has 0 saturated heterocycles. The molecule has 0 heterocycles. The van der Waals surface area contributed by atoms with Gasteiger partial charge in [0.15, 0.2) is 0 Å². The van der Waals surface area contributed by atoms with Crippen LogP contribution in [0.5, 0.6) is 0 Å². The summed E-state index contributed by atoms with van der Waals surface area (Å²) in [6, 6.07) is 3.86. The van der Waals surface area contributed by atoms with Crippen molar-refractivity contribution in [2.45, 2.75) is 4.90 Å². The summed E-state index contributed by atoms with van der Waals surface area (Å²) in [6.07, 6.45) is 0. The lowest BCUT2D eigenvalue weighted by atomic mass is 10.2. The number of carboxylic acids is 1. The predicted molar refractivity (Wildman–Crippen MR) is 70.0 cm³/mol. The van der Waals surface area contributed by atoms with Crippen molar-refractivity contribution in [1.29, 1.82) is 0 Å². The van der Waals surface area contributed by atoms with E-state index < -0.39 is 16.0 Å². The molecule has 8 heteroatoms. The Morgan fingerprint density at radius 3 is 2.63 bits per heavy atom. The second-order valence-corrected chi connectivity index (χ2v) is 5.39. The molecule has 0 amide bonds. The first kappa shape index (κ1) is 15.4. The average molecular weight is 288 g/mol. The quantitative estimate of drug-likeness (QED) is 0.625. The van der Waals surface area contributed by atoms with E-state index in [2.05, 4.69) is 10.0 Å². The monoisotopic (exact) mass is 288 g/mol. The molecule has 0 aromatic heterocycles. The summed E-state index contributed by atoms with van der Waals surface area (Å²) in [5.41, 5.74) is 0.237. The topological polar surface area (TPSA) is 105 Å². The summed E-state index contributed by atoms with van der Waals surface area (Å²) in [7, 11) is -0.771. The van der Waals surface area contributed by atoms with Crippen LogP contribution in [0.25, 0.3) is 0 Å². The Morgan fingerprint density at radius 1 is 1.42 bits per heavy atom. The lowest BCUT2D eigenvalue weighted by molar-refractivity contribution is 0.0696. The average Bonchev–Trinajstić information content (AvgIpc) is 2.38. The van der Waals surface area contributed by atoms with Gasteiger partial charge in [0.2, 0.25) is 10.0 Å². The molecule has 7 nitrogen and oxygen atoms in total. The van der Waals surface area contributed by atoms with E-state index >= 15 is 0 Å². The number of benzene rings is 1. The third kappa shape index (κ3) is 3.91. The van der Waals surface area contributed by atoms with Gasteiger partial charge in [-0.3, -0.25) is 0 Å². The van der Waals surface area contributed by atoms with Crippen molar-refractivity contribution >= 4 is 21.7 Å². The van der Waals surface area contributed by atoms with Crippen molar-refractivity contribution in [3.05, 3.63) is 23.8 Å². The van der Waals surface area contributed by atoms with Gasteiger partial charge in [0.25, 0.3) is 0 Å². The molecule has 0 unspecified atom stereocenters. The van der Waals surface area contributed by atoms with E-state index in [0.29, 0.717) is 5.69 Å². The molecule has 0 aliphatic heterocycles. The van der Waals surface area contributed by atoms with Gasteiger partial charge in [-0.25, -0.2) is 17.9 Å². The number of nitrogens with one attached hydrogen (secondary N) is 2. The molecule has 1 rings (SSSR count). The molecule has 0 bridgehead atoms. The minimum Gasteiger partial charge on any atom is -0.478 e. The number of hydrogen-bond acceptors (Lipinski definition) is 5. The number of carbonyl (C=O) groups is 1. The Hall–Kier alpha value is -1.64. The summed E-state index contributed by atoms with van der Waals surface area (Å²) >= 11 is 0. The number of sulfonamides is 1. The lowest BCUT2D eigenvalue weighted by Crippen LogP contribution is -2.28. The van der Waals surface area contributed by atoms with Gasteiger partial charge in [0, 0.05) is 20.7 Å². The number of ether oxygens (including phenoxy) is 1. The van der Waals surface area contributed by atoms with Crippen LogP contribution in [0.3, 0.4) is 0 Å². The standard InChI is InChI=1S/C11H16N2O5S/c1-12-9-4-3-8(11(14)15)7-10(9)19(16,17)13-5-6-18-2/h3-4,7,12-13H,5-6H2,1-2H3,(H,14,15). The third-order valence-corrected chi connectivity index (χ3v) is 3.89. The van der Waals surface area contributed by atoms with Gasteiger partial charge in [-0.2, -0.15) is 0 Å². The van der Waals surface area contributed by atoms with Gasteiger partial charge in [0.05, 0.1) is 17.9 Å². The first-order chi connectivity index (χ1) is 8.92. The highest BCUT2D eigenvalue weighted by molar-refractivity contribution is 7.89. The van der Waals surface area contributed by atoms with Crippen LogP contribution in [-0.2, 0) is 14.8 Å². The summed E-state index contributed by atoms with van der Waals surface area (Å²) in [4.78, 5) is 10.8. The van der Waals surface area contributed by atoms with Crippen LogP contribution in [0.2, 0.25) is 0 Å². The summed E-state index contributed by atoms with van der Waals surface area (Å²) in [6.45, 7) is 0.339. The zero-order valence-corrected chi connectivity index (χ0v) is 11.5. The van der Waals surface area contributed by atoms with Gasteiger partial charge in [-0.1, -0.05) is 0 Å². The molecule has 106 valence electrons. The maximum atomic E-state index is 12.1. The predicted octanol–water partition coefficient (Wildman–Crippen LogP) is 0.351. The van der Waals surface area contributed by atoms with Crippen molar-refractivity contribution in [2.75, 3.05) is 32.6 Å². The van der Waals surface area contributed by atoms with Gasteiger partial charge in [-0.15, -0.1) is 0 Å². The number of rotatable bonds is 7. The fraction of sp³-hybridized carbons (Fsp3) is 0.364. The van der Waals surface area contributed by atoms with Crippen LogP contribution >= 0.6 is 0 Å². The highest BCUT2D eigenvalue weighted by Crippen LogP contribution is 2.22. The maximum absolute atomic E-state index is 12.1. The normalized spacial score (nSPS) is 11.3. The van der Waals surface area contributed by atoms with Crippen LogP contribution in [0.1, 0.15) is 10.4 Å². The van der Waals surface area contributed by atoms with E-state index in [0.717, 1.165) is 6.07 Å².